The van der Waals surface area contributed by atoms with Crippen LogP contribution < -0.4 is 5.32 Å². The second-order valence-electron chi connectivity index (χ2n) is 4.73. The number of benzene rings is 1. The number of aryl methyl sites for hydroxylation is 2. The predicted molar refractivity (Wildman–Crippen MR) is 85.4 cm³/mol. The van der Waals surface area contributed by atoms with Gasteiger partial charge in [-0.15, -0.1) is 0 Å². The summed E-state index contributed by atoms with van der Waals surface area (Å²) in [5.41, 5.74) is 3.36. The van der Waals surface area contributed by atoms with Gasteiger partial charge in [-0.1, -0.05) is 15.9 Å². The lowest BCUT2D eigenvalue weighted by Crippen LogP contribution is -2.25. The highest BCUT2D eigenvalue weighted by Crippen LogP contribution is 2.24. The summed E-state index contributed by atoms with van der Waals surface area (Å²) >= 11 is 3.54. The monoisotopic (exact) mass is 345 g/mol. The number of hydrogen-bond donors (Lipinski definition) is 2. The Bertz CT molecular complexity index is 389. The van der Waals surface area contributed by atoms with Crippen LogP contribution in [0.4, 0.5) is 5.69 Å². The first-order valence-electron chi connectivity index (χ1n) is 6.88. The van der Waals surface area contributed by atoms with E-state index in [1.54, 1.807) is 0 Å². The zero-order valence-electron chi connectivity index (χ0n) is 12.4. The van der Waals surface area contributed by atoms with Gasteiger partial charge in [0.2, 0.25) is 0 Å². The number of anilines is 1. The van der Waals surface area contributed by atoms with Crippen LogP contribution in [0.1, 0.15) is 18.1 Å². The molecule has 1 rings (SSSR count). The molecule has 0 aromatic heterocycles. The van der Waals surface area contributed by atoms with Crippen LogP contribution in [0, 0.1) is 13.8 Å². The molecule has 1 atom stereocenters. The number of rotatable bonds is 9. The van der Waals surface area contributed by atoms with Crippen molar-refractivity contribution in [3.05, 3.63) is 27.7 Å². The maximum absolute atomic E-state index is 9.82. The van der Waals surface area contributed by atoms with Gasteiger partial charge in [0, 0.05) is 23.3 Å². The first-order valence-corrected chi connectivity index (χ1v) is 7.68. The van der Waals surface area contributed by atoms with Crippen molar-refractivity contribution in [2.24, 2.45) is 0 Å². The van der Waals surface area contributed by atoms with Crippen LogP contribution in [0.5, 0.6) is 0 Å². The van der Waals surface area contributed by atoms with Gasteiger partial charge in [-0.2, -0.15) is 0 Å². The number of halogens is 1. The SMILES string of the molecule is CCOCCOCC(O)CNc1cc(C)c(Br)c(C)c1. The van der Waals surface area contributed by atoms with Gasteiger partial charge in [-0.25, -0.2) is 0 Å². The van der Waals surface area contributed by atoms with Crippen LogP contribution in [0.2, 0.25) is 0 Å². The molecule has 1 aromatic carbocycles. The summed E-state index contributed by atoms with van der Waals surface area (Å²) in [6.45, 7) is 8.61. The Balaban J connectivity index is 2.28. The van der Waals surface area contributed by atoms with E-state index in [4.69, 9.17) is 9.47 Å². The molecule has 1 unspecified atom stereocenters. The van der Waals surface area contributed by atoms with Gasteiger partial charge < -0.3 is 19.9 Å². The van der Waals surface area contributed by atoms with E-state index < -0.39 is 6.10 Å². The minimum absolute atomic E-state index is 0.314. The molecule has 114 valence electrons. The molecular formula is C15H24BrNO3. The van der Waals surface area contributed by atoms with Gasteiger partial charge in [0.1, 0.15) is 0 Å². The van der Waals surface area contributed by atoms with E-state index in [1.165, 1.54) is 11.1 Å². The minimum atomic E-state index is -0.527. The summed E-state index contributed by atoms with van der Waals surface area (Å²) < 4.78 is 11.6. The Morgan fingerprint density at radius 2 is 1.80 bits per heavy atom. The molecule has 0 saturated heterocycles. The fraction of sp³-hybridized carbons (Fsp3) is 0.600. The fourth-order valence-electron chi connectivity index (χ4n) is 1.82. The second kappa shape index (κ2) is 9.34. The highest BCUT2D eigenvalue weighted by molar-refractivity contribution is 9.10. The highest BCUT2D eigenvalue weighted by Gasteiger charge is 2.06. The molecule has 0 aliphatic rings. The fourth-order valence-corrected chi connectivity index (χ4v) is 2.05. The normalized spacial score (nSPS) is 12.4. The largest absolute Gasteiger partial charge is 0.389 e. The lowest BCUT2D eigenvalue weighted by Gasteiger charge is -2.15. The third kappa shape index (κ3) is 6.22. The summed E-state index contributed by atoms with van der Waals surface area (Å²) in [5.74, 6) is 0. The zero-order valence-corrected chi connectivity index (χ0v) is 14.0. The van der Waals surface area contributed by atoms with E-state index in [-0.39, 0.29) is 0 Å². The number of nitrogens with one attached hydrogen (secondary N) is 1. The number of ether oxygens (including phenoxy) is 2. The maximum Gasteiger partial charge on any atom is 0.0945 e. The maximum atomic E-state index is 9.82. The lowest BCUT2D eigenvalue weighted by atomic mass is 10.1. The van der Waals surface area contributed by atoms with Gasteiger partial charge >= 0.3 is 0 Å². The third-order valence-electron chi connectivity index (χ3n) is 2.86. The number of aliphatic hydroxyl groups excluding tert-OH is 1. The van der Waals surface area contributed by atoms with Crippen LogP contribution in [0.15, 0.2) is 16.6 Å². The topological polar surface area (TPSA) is 50.7 Å². The Morgan fingerprint density at radius 1 is 1.20 bits per heavy atom. The van der Waals surface area contributed by atoms with Crippen molar-refractivity contribution in [1.82, 2.24) is 0 Å². The van der Waals surface area contributed by atoms with E-state index in [9.17, 15) is 5.11 Å². The predicted octanol–water partition coefficient (Wildman–Crippen LogP) is 2.89. The van der Waals surface area contributed by atoms with E-state index >= 15 is 0 Å². The number of aliphatic hydroxyl groups is 1. The molecule has 4 nitrogen and oxygen atoms in total. The second-order valence-corrected chi connectivity index (χ2v) is 5.52. The van der Waals surface area contributed by atoms with Crippen LogP contribution in [-0.4, -0.2) is 44.2 Å². The molecule has 5 heteroatoms. The molecule has 0 spiro atoms. The molecule has 1 aromatic rings. The van der Waals surface area contributed by atoms with Crippen molar-refractivity contribution in [1.29, 1.82) is 0 Å². The highest BCUT2D eigenvalue weighted by atomic mass is 79.9. The standard InChI is InChI=1S/C15H24BrNO3/c1-4-19-5-6-20-10-14(18)9-17-13-7-11(2)15(16)12(3)8-13/h7-8,14,17-18H,4-6,9-10H2,1-3H3. The van der Waals surface area contributed by atoms with Gasteiger partial charge in [-0.3, -0.25) is 0 Å². The van der Waals surface area contributed by atoms with Gasteiger partial charge in [0.25, 0.3) is 0 Å². The van der Waals surface area contributed by atoms with Gasteiger partial charge in [0.05, 0.1) is 25.9 Å². The molecule has 0 saturated carbocycles. The third-order valence-corrected chi connectivity index (χ3v) is 4.12. The van der Waals surface area contributed by atoms with Gasteiger partial charge in [0.15, 0.2) is 0 Å². The van der Waals surface area contributed by atoms with Crippen molar-refractivity contribution in [3.8, 4) is 0 Å². The van der Waals surface area contributed by atoms with Crippen molar-refractivity contribution < 1.29 is 14.6 Å². The van der Waals surface area contributed by atoms with E-state index in [2.05, 4.69) is 47.2 Å². The summed E-state index contributed by atoms with van der Waals surface area (Å²) in [4.78, 5) is 0. The lowest BCUT2D eigenvalue weighted by molar-refractivity contribution is 0.0103. The summed E-state index contributed by atoms with van der Waals surface area (Å²) in [6, 6.07) is 4.11. The zero-order chi connectivity index (χ0) is 15.0. The van der Waals surface area contributed by atoms with E-state index in [0.717, 1.165) is 10.2 Å². The van der Waals surface area contributed by atoms with Crippen molar-refractivity contribution in [2.75, 3.05) is 38.3 Å². The van der Waals surface area contributed by atoms with Crippen molar-refractivity contribution in [2.45, 2.75) is 26.9 Å². The molecule has 2 N–H and O–H groups in total. The Hall–Kier alpha value is -0.620. The summed E-state index contributed by atoms with van der Waals surface area (Å²) in [6.07, 6.45) is -0.527. The first-order chi connectivity index (χ1) is 9.54. The smallest absolute Gasteiger partial charge is 0.0945 e. The molecule has 0 radical (unpaired) electrons. The van der Waals surface area contributed by atoms with E-state index in [1.807, 2.05) is 6.92 Å². The molecular weight excluding hydrogens is 322 g/mol. The summed E-state index contributed by atoms with van der Waals surface area (Å²) in [5, 5.41) is 13.0. The average Bonchev–Trinajstić information content (AvgIpc) is 2.42. The van der Waals surface area contributed by atoms with Gasteiger partial charge in [-0.05, 0) is 44.0 Å². The van der Waals surface area contributed by atoms with E-state index in [0.29, 0.717) is 33.0 Å². The molecule has 20 heavy (non-hydrogen) atoms. The van der Waals surface area contributed by atoms with Crippen LogP contribution in [-0.2, 0) is 9.47 Å². The summed E-state index contributed by atoms with van der Waals surface area (Å²) in [7, 11) is 0. The first kappa shape index (κ1) is 17.4. The van der Waals surface area contributed by atoms with Crippen molar-refractivity contribution in [3.63, 3.8) is 0 Å². The van der Waals surface area contributed by atoms with Crippen molar-refractivity contribution >= 4 is 21.6 Å². The Kier molecular flexibility index (Phi) is 8.14. The molecule has 0 bridgehead atoms. The van der Waals surface area contributed by atoms with Crippen LogP contribution >= 0.6 is 15.9 Å². The number of hydrogen-bond acceptors (Lipinski definition) is 4. The quantitative estimate of drug-likeness (QED) is 0.675. The van der Waals surface area contributed by atoms with Crippen LogP contribution in [0.3, 0.4) is 0 Å². The molecule has 0 fully saturated rings. The minimum Gasteiger partial charge on any atom is -0.389 e. The molecule has 0 aliphatic heterocycles. The molecule has 0 amide bonds. The molecule has 0 aliphatic carbocycles. The Morgan fingerprint density at radius 3 is 2.40 bits per heavy atom. The molecule has 0 heterocycles. The van der Waals surface area contributed by atoms with Crippen LogP contribution in [0.25, 0.3) is 0 Å². The average molecular weight is 346 g/mol. The Labute approximate surface area is 129 Å².